The van der Waals surface area contributed by atoms with Gasteiger partial charge in [-0.1, -0.05) is 12.1 Å². The summed E-state index contributed by atoms with van der Waals surface area (Å²) in [5, 5.41) is 0. The number of carbonyl (C=O) groups is 1. The standard InChI is InChI=1S/C16H21N3O4S/c1-3-18-13-6-4-5-7-14(13)19(16(18)21)10-15(20)17(2)12-8-9-24(22,23)11-12/h4-7,12H,3,8-11H2,1-2H3/t12-/m1/s1. The number of carbonyl (C=O) groups excluding carboxylic acids is 1. The fraction of sp³-hybridized carbons (Fsp3) is 0.500. The summed E-state index contributed by atoms with van der Waals surface area (Å²) in [5.74, 6) is -0.135. The van der Waals surface area contributed by atoms with Crippen molar-refractivity contribution in [2.24, 2.45) is 0 Å². The minimum atomic E-state index is -3.06. The number of sulfone groups is 1. The highest BCUT2D eigenvalue weighted by Gasteiger charge is 2.33. The molecule has 3 rings (SSSR count). The molecule has 130 valence electrons. The monoisotopic (exact) mass is 351 g/mol. The first-order chi connectivity index (χ1) is 11.3. The summed E-state index contributed by atoms with van der Waals surface area (Å²) in [5.41, 5.74) is 1.29. The quantitative estimate of drug-likeness (QED) is 0.802. The molecule has 0 aliphatic carbocycles. The molecule has 0 N–H and O–H groups in total. The van der Waals surface area contributed by atoms with Crippen molar-refractivity contribution < 1.29 is 13.2 Å². The van der Waals surface area contributed by atoms with Crippen LogP contribution in [0.15, 0.2) is 29.1 Å². The van der Waals surface area contributed by atoms with Gasteiger partial charge in [0, 0.05) is 19.6 Å². The van der Waals surface area contributed by atoms with Crippen molar-refractivity contribution in [3.63, 3.8) is 0 Å². The molecule has 1 aromatic heterocycles. The number of benzene rings is 1. The molecule has 0 saturated carbocycles. The van der Waals surface area contributed by atoms with Gasteiger partial charge in [-0.25, -0.2) is 13.2 Å². The number of aryl methyl sites for hydroxylation is 1. The lowest BCUT2D eigenvalue weighted by molar-refractivity contribution is -0.132. The average Bonchev–Trinajstić information content (AvgIpc) is 3.04. The van der Waals surface area contributed by atoms with Crippen molar-refractivity contribution in [2.45, 2.75) is 32.5 Å². The maximum Gasteiger partial charge on any atom is 0.329 e. The molecule has 2 heterocycles. The minimum absolute atomic E-state index is 0.000852. The Balaban J connectivity index is 1.89. The van der Waals surface area contributed by atoms with Gasteiger partial charge in [-0.15, -0.1) is 0 Å². The van der Waals surface area contributed by atoms with Gasteiger partial charge in [-0.3, -0.25) is 13.9 Å². The van der Waals surface area contributed by atoms with E-state index in [4.69, 9.17) is 0 Å². The second-order valence-electron chi connectivity index (χ2n) is 6.16. The van der Waals surface area contributed by atoms with E-state index in [0.29, 0.717) is 18.5 Å². The number of nitrogens with zero attached hydrogens (tertiary/aromatic N) is 3. The van der Waals surface area contributed by atoms with Crippen LogP contribution < -0.4 is 5.69 Å². The van der Waals surface area contributed by atoms with Crippen LogP contribution in [0.3, 0.4) is 0 Å². The summed E-state index contributed by atoms with van der Waals surface area (Å²) in [6.07, 6.45) is 0.455. The van der Waals surface area contributed by atoms with Gasteiger partial charge in [0.2, 0.25) is 5.91 Å². The third-order valence-corrected chi connectivity index (χ3v) is 6.43. The molecule has 1 fully saturated rings. The average molecular weight is 351 g/mol. The number of imidazole rings is 1. The van der Waals surface area contributed by atoms with Crippen molar-refractivity contribution in [3.8, 4) is 0 Å². The Labute approximate surface area is 140 Å². The predicted octanol–water partition coefficient (Wildman–Crippen LogP) is 0.468. The number of para-hydroxylation sites is 2. The highest BCUT2D eigenvalue weighted by Crippen LogP contribution is 2.18. The van der Waals surface area contributed by atoms with Crippen LogP contribution in [0.5, 0.6) is 0 Å². The molecule has 1 aliphatic heterocycles. The fourth-order valence-electron chi connectivity index (χ4n) is 3.26. The molecule has 1 aromatic carbocycles. The number of aromatic nitrogens is 2. The maximum atomic E-state index is 12.6. The summed E-state index contributed by atoms with van der Waals surface area (Å²) in [6, 6.07) is 7.05. The van der Waals surface area contributed by atoms with E-state index in [1.54, 1.807) is 11.6 Å². The van der Waals surface area contributed by atoms with E-state index in [0.717, 1.165) is 5.52 Å². The molecular formula is C16H21N3O4S. The van der Waals surface area contributed by atoms with Gasteiger partial charge >= 0.3 is 5.69 Å². The van der Waals surface area contributed by atoms with Gasteiger partial charge in [0.1, 0.15) is 6.54 Å². The van der Waals surface area contributed by atoms with E-state index in [9.17, 15) is 18.0 Å². The van der Waals surface area contributed by atoms with Crippen molar-refractivity contribution in [3.05, 3.63) is 34.7 Å². The first-order valence-electron chi connectivity index (χ1n) is 7.98. The summed E-state index contributed by atoms with van der Waals surface area (Å²) in [7, 11) is -1.45. The normalized spacial score (nSPS) is 19.7. The van der Waals surface area contributed by atoms with Crippen LogP contribution >= 0.6 is 0 Å². The van der Waals surface area contributed by atoms with Crippen LogP contribution in [0.1, 0.15) is 13.3 Å². The number of hydrogen-bond acceptors (Lipinski definition) is 4. The molecule has 24 heavy (non-hydrogen) atoms. The summed E-state index contributed by atoms with van der Waals surface area (Å²) < 4.78 is 26.3. The number of amides is 1. The Morgan fingerprint density at radius 3 is 2.42 bits per heavy atom. The van der Waals surface area contributed by atoms with Crippen LogP contribution in [0.25, 0.3) is 11.0 Å². The topological polar surface area (TPSA) is 81.4 Å². The highest BCUT2D eigenvalue weighted by molar-refractivity contribution is 7.91. The molecule has 0 radical (unpaired) electrons. The Kier molecular flexibility index (Phi) is 4.25. The van der Waals surface area contributed by atoms with Gasteiger partial charge < -0.3 is 4.90 Å². The summed E-state index contributed by atoms with van der Waals surface area (Å²) in [4.78, 5) is 26.6. The predicted molar refractivity (Wildman–Crippen MR) is 91.7 cm³/mol. The zero-order valence-electron chi connectivity index (χ0n) is 13.8. The molecule has 0 unspecified atom stereocenters. The van der Waals surface area contributed by atoms with E-state index < -0.39 is 9.84 Å². The van der Waals surface area contributed by atoms with Crippen molar-refractivity contribution in [1.82, 2.24) is 14.0 Å². The number of hydrogen-bond donors (Lipinski definition) is 0. The van der Waals surface area contributed by atoms with E-state index in [1.807, 2.05) is 31.2 Å². The zero-order valence-corrected chi connectivity index (χ0v) is 14.6. The first kappa shape index (κ1) is 16.8. The maximum absolute atomic E-state index is 12.6. The van der Waals surface area contributed by atoms with Crippen LogP contribution in [-0.4, -0.2) is 53.0 Å². The Bertz CT molecular complexity index is 942. The van der Waals surface area contributed by atoms with Crippen molar-refractivity contribution >= 4 is 26.8 Å². The Morgan fingerprint density at radius 2 is 1.88 bits per heavy atom. The third kappa shape index (κ3) is 2.86. The smallest absolute Gasteiger partial charge is 0.329 e. The molecule has 1 aliphatic rings. The van der Waals surface area contributed by atoms with Crippen LogP contribution in [0.2, 0.25) is 0 Å². The lowest BCUT2D eigenvalue weighted by Gasteiger charge is -2.23. The fourth-order valence-corrected chi connectivity index (χ4v) is 5.04. The number of rotatable bonds is 4. The first-order valence-corrected chi connectivity index (χ1v) is 9.80. The molecule has 8 heteroatoms. The third-order valence-electron chi connectivity index (χ3n) is 4.68. The van der Waals surface area contributed by atoms with Gasteiger partial charge in [-0.2, -0.15) is 0 Å². The van der Waals surface area contributed by atoms with Crippen LogP contribution in [-0.2, 0) is 27.7 Å². The van der Waals surface area contributed by atoms with Gasteiger partial charge in [0.25, 0.3) is 0 Å². The van der Waals surface area contributed by atoms with Crippen molar-refractivity contribution in [2.75, 3.05) is 18.6 Å². The minimum Gasteiger partial charge on any atom is -0.340 e. The van der Waals surface area contributed by atoms with Crippen molar-refractivity contribution in [1.29, 1.82) is 0 Å². The molecular weight excluding hydrogens is 330 g/mol. The Hall–Kier alpha value is -2.09. The molecule has 0 spiro atoms. The molecule has 1 saturated heterocycles. The van der Waals surface area contributed by atoms with Gasteiger partial charge in [-0.05, 0) is 25.5 Å². The second-order valence-corrected chi connectivity index (χ2v) is 8.39. The summed E-state index contributed by atoms with van der Waals surface area (Å²) in [6.45, 7) is 2.33. The lowest BCUT2D eigenvalue weighted by Crippen LogP contribution is -2.41. The SMILES string of the molecule is CCn1c(=O)n(CC(=O)N(C)[C@@H]2CCS(=O)(=O)C2)c2ccccc21. The molecule has 0 bridgehead atoms. The van der Waals surface area contributed by atoms with Gasteiger partial charge in [0.05, 0.1) is 22.5 Å². The second kappa shape index (κ2) is 6.08. The van der Waals surface area contributed by atoms with E-state index in [2.05, 4.69) is 0 Å². The van der Waals surface area contributed by atoms with E-state index >= 15 is 0 Å². The highest BCUT2D eigenvalue weighted by atomic mass is 32.2. The molecule has 1 atom stereocenters. The van der Waals surface area contributed by atoms with Crippen LogP contribution in [0, 0.1) is 0 Å². The lowest BCUT2D eigenvalue weighted by atomic mass is 10.2. The summed E-state index contributed by atoms with van der Waals surface area (Å²) >= 11 is 0. The largest absolute Gasteiger partial charge is 0.340 e. The molecule has 7 nitrogen and oxygen atoms in total. The molecule has 1 amide bonds. The van der Waals surface area contributed by atoms with Crippen LogP contribution in [0.4, 0.5) is 0 Å². The number of likely N-dealkylation sites (N-methyl/N-ethyl adjacent to an activating group) is 1. The molecule has 2 aromatic rings. The number of fused-ring (bicyclic) bond motifs is 1. The Morgan fingerprint density at radius 1 is 1.25 bits per heavy atom. The van der Waals surface area contributed by atoms with Gasteiger partial charge in [0.15, 0.2) is 9.84 Å². The zero-order chi connectivity index (χ0) is 17.5. The van der Waals surface area contributed by atoms with E-state index in [-0.39, 0.29) is 35.7 Å². The van der Waals surface area contributed by atoms with E-state index in [1.165, 1.54) is 9.47 Å².